The Hall–Kier alpha value is -3.42. The molecule has 3 atom stereocenters. The summed E-state index contributed by atoms with van der Waals surface area (Å²) < 4.78 is 0. The Labute approximate surface area is 171 Å². The number of rotatable bonds is 2. The largest absolute Gasteiger partial charge is 0.511 e. The molecule has 3 aliphatic rings. The van der Waals surface area contributed by atoms with Crippen LogP contribution >= 0.6 is 0 Å². The zero-order chi connectivity index (χ0) is 21.9. The normalized spacial score (nSPS) is 25.5. The number of phenols is 1. The van der Waals surface area contributed by atoms with Crippen LogP contribution in [0, 0.1) is 17.8 Å². The molecule has 0 radical (unpaired) electrons. The molecule has 156 valence electrons. The first-order valence-corrected chi connectivity index (χ1v) is 9.69. The number of aromatic hydroxyl groups is 1. The molecule has 1 aromatic carbocycles. The van der Waals surface area contributed by atoms with Crippen LogP contribution in [0.4, 0.5) is 5.69 Å². The van der Waals surface area contributed by atoms with Crippen LogP contribution in [0.1, 0.15) is 42.6 Å². The average Bonchev–Trinajstić information content (AvgIpc) is 2.62. The Morgan fingerprint density at radius 2 is 1.77 bits per heavy atom. The third kappa shape index (κ3) is 2.82. The number of anilines is 1. The molecular weight excluding hydrogens is 390 g/mol. The molecular formula is C22H21NO7. The Morgan fingerprint density at radius 3 is 2.40 bits per heavy atom. The first-order chi connectivity index (χ1) is 14.1. The van der Waals surface area contributed by atoms with Crippen LogP contribution in [0.15, 0.2) is 34.8 Å². The summed E-state index contributed by atoms with van der Waals surface area (Å²) >= 11 is 0. The van der Waals surface area contributed by atoms with Crippen LogP contribution in [0.5, 0.6) is 5.75 Å². The SMILES string of the molecule is CC(=O)Nc1ccc(O)c2c1CC1CC3CC(O)=C(C(C)=O)C(=O)C3C(O)=C1C2=O. The molecule has 4 rings (SSSR count). The van der Waals surface area contributed by atoms with Gasteiger partial charge in [0.2, 0.25) is 5.91 Å². The maximum absolute atomic E-state index is 13.3. The summed E-state index contributed by atoms with van der Waals surface area (Å²) in [4.78, 5) is 49.5. The van der Waals surface area contributed by atoms with Gasteiger partial charge in [-0.15, -0.1) is 0 Å². The van der Waals surface area contributed by atoms with Gasteiger partial charge in [-0.2, -0.15) is 0 Å². The van der Waals surface area contributed by atoms with Crippen LogP contribution in [0.2, 0.25) is 0 Å². The highest BCUT2D eigenvalue weighted by molar-refractivity contribution is 6.22. The quantitative estimate of drug-likeness (QED) is 0.433. The number of amides is 1. The number of hydrogen-bond acceptors (Lipinski definition) is 7. The Morgan fingerprint density at radius 1 is 1.07 bits per heavy atom. The van der Waals surface area contributed by atoms with Crippen molar-refractivity contribution < 1.29 is 34.5 Å². The molecule has 0 saturated carbocycles. The van der Waals surface area contributed by atoms with Crippen molar-refractivity contribution in [3.63, 3.8) is 0 Å². The minimum atomic E-state index is -1.07. The van der Waals surface area contributed by atoms with Crippen molar-refractivity contribution in [1.29, 1.82) is 0 Å². The molecule has 0 saturated heterocycles. The van der Waals surface area contributed by atoms with E-state index in [1.54, 1.807) is 0 Å². The molecule has 0 aromatic heterocycles. The van der Waals surface area contributed by atoms with Crippen LogP contribution < -0.4 is 5.32 Å². The van der Waals surface area contributed by atoms with Crippen molar-refractivity contribution in [2.24, 2.45) is 17.8 Å². The second kappa shape index (κ2) is 6.83. The number of hydrogen-bond donors (Lipinski definition) is 4. The lowest BCUT2D eigenvalue weighted by atomic mass is 9.62. The van der Waals surface area contributed by atoms with Gasteiger partial charge in [0.1, 0.15) is 17.3 Å². The van der Waals surface area contributed by atoms with E-state index < -0.39 is 40.9 Å². The highest BCUT2D eigenvalue weighted by atomic mass is 16.3. The van der Waals surface area contributed by atoms with Crippen molar-refractivity contribution >= 4 is 28.9 Å². The predicted octanol–water partition coefficient (Wildman–Crippen LogP) is 2.53. The number of allylic oxidation sites excluding steroid dienone is 4. The first kappa shape index (κ1) is 19.9. The van der Waals surface area contributed by atoms with Gasteiger partial charge in [-0.05, 0) is 49.3 Å². The van der Waals surface area contributed by atoms with Crippen molar-refractivity contribution in [2.45, 2.75) is 33.1 Å². The lowest BCUT2D eigenvalue weighted by Crippen LogP contribution is -2.42. The number of carbonyl (C=O) groups is 4. The number of carbonyl (C=O) groups excluding carboxylic acids is 4. The number of aliphatic hydroxyl groups excluding tert-OH is 2. The minimum absolute atomic E-state index is 0.00839. The molecule has 30 heavy (non-hydrogen) atoms. The number of phenolic OH excluding ortho intramolecular Hbond substituents is 1. The van der Waals surface area contributed by atoms with E-state index in [1.807, 2.05) is 0 Å². The van der Waals surface area contributed by atoms with Gasteiger partial charge in [-0.1, -0.05) is 0 Å². The number of aliphatic hydroxyl groups is 2. The van der Waals surface area contributed by atoms with Crippen LogP contribution in [-0.4, -0.2) is 38.6 Å². The third-order valence-corrected chi connectivity index (χ3v) is 6.19. The van der Waals surface area contributed by atoms with E-state index in [4.69, 9.17) is 0 Å². The van der Waals surface area contributed by atoms with Crippen molar-refractivity contribution in [2.75, 3.05) is 5.32 Å². The van der Waals surface area contributed by atoms with Gasteiger partial charge in [0.25, 0.3) is 0 Å². The van der Waals surface area contributed by atoms with E-state index in [1.165, 1.54) is 26.0 Å². The highest BCUT2D eigenvalue weighted by Gasteiger charge is 2.50. The van der Waals surface area contributed by atoms with Crippen LogP contribution in [0.25, 0.3) is 0 Å². The summed E-state index contributed by atoms with van der Waals surface area (Å²) in [5.74, 6) is -5.13. The summed E-state index contributed by atoms with van der Waals surface area (Å²) in [5, 5.41) is 34.1. The standard InChI is InChI=1S/C22H21NO7/c1-8(24)16-15(27)7-11-5-10-6-12-13(23-9(2)25)3-4-14(26)19(12)22(30)17(10)21(29)18(11)20(16)28/h3-4,10-11,18,26-27,29H,5-7H2,1-2H3,(H,23,25). The first-order valence-electron chi connectivity index (χ1n) is 9.69. The van der Waals surface area contributed by atoms with Gasteiger partial charge >= 0.3 is 0 Å². The molecule has 1 amide bonds. The van der Waals surface area contributed by atoms with E-state index in [0.717, 1.165) is 0 Å². The smallest absolute Gasteiger partial charge is 0.221 e. The monoisotopic (exact) mass is 411 g/mol. The Kier molecular flexibility index (Phi) is 4.52. The van der Waals surface area contributed by atoms with Gasteiger partial charge in [0, 0.05) is 24.6 Å². The fourth-order valence-corrected chi connectivity index (χ4v) is 5.06. The fraction of sp³-hybridized carbons (Fsp3) is 0.364. The summed E-state index contributed by atoms with van der Waals surface area (Å²) in [6, 6.07) is 2.81. The lowest BCUT2D eigenvalue weighted by molar-refractivity contribution is -0.125. The average molecular weight is 411 g/mol. The van der Waals surface area contributed by atoms with E-state index >= 15 is 0 Å². The van der Waals surface area contributed by atoms with E-state index in [0.29, 0.717) is 17.7 Å². The van der Waals surface area contributed by atoms with Gasteiger partial charge < -0.3 is 20.6 Å². The molecule has 8 heteroatoms. The summed E-state index contributed by atoms with van der Waals surface area (Å²) in [7, 11) is 0. The van der Waals surface area contributed by atoms with E-state index in [-0.39, 0.29) is 47.0 Å². The molecule has 8 nitrogen and oxygen atoms in total. The molecule has 0 heterocycles. The third-order valence-electron chi connectivity index (χ3n) is 6.19. The fourth-order valence-electron chi connectivity index (χ4n) is 5.06. The zero-order valence-corrected chi connectivity index (χ0v) is 16.5. The summed E-state index contributed by atoms with van der Waals surface area (Å²) in [6.45, 7) is 2.50. The van der Waals surface area contributed by atoms with Gasteiger partial charge in [-0.3, -0.25) is 19.2 Å². The van der Waals surface area contributed by atoms with E-state index in [2.05, 4.69) is 5.32 Å². The van der Waals surface area contributed by atoms with Crippen LogP contribution in [0.3, 0.4) is 0 Å². The zero-order valence-electron chi connectivity index (χ0n) is 16.5. The minimum Gasteiger partial charge on any atom is -0.511 e. The molecule has 3 unspecified atom stereocenters. The van der Waals surface area contributed by atoms with Crippen molar-refractivity contribution in [3.8, 4) is 5.75 Å². The molecule has 0 spiro atoms. The number of ketones is 3. The molecule has 0 aliphatic heterocycles. The number of benzene rings is 1. The molecule has 4 N–H and O–H groups in total. The van der Waals surface area contributed by atoms with Crippen molar-refractivity contribution in [1.82, 2.24) is 0 Å². The number of Topliss-reactive ketones (excluding diaryl/α,β-unsaturated/α-hetero) is 3. The van der Waals surface area contributed by atoms with Crippen LogP contribution in [-0.2, 0) is 20.8 Å². The predicted molar refractivity (Wildman–Crippen MR) is 105 cm³/mol. The highest BCUT2D eigenvalue weighted by Crippen LogP contribution is 2.50. The molecule has 0 bridgehead atoms. The maximum atomic E-state index is 13.3. The Balaban J connectivity index is 1.84. The summed E-state index contributed by atoms with van der Waals surface area (Å²) in [6.07, 6.45) is 0.663. The van der Waals surface area contributed by atoms with Gasteiger partial charge in [-0.25, -0.2) is 0 Å². The summed E-state index contributed by atoms with van der Waals surface area (Å²) in [5.41, 5.74) is 0.594. The van der Waals surface area contributed by atoms with Crippen molar-refractivity contribution in [3.05, 3.63) is 45.9 Å². The number of fused-ring (bicyclic) bond motifs is 3. The second-order valence-corrected chi connectivity index (χ2v) is 8.12. The maximum Gasteiger partial charge on any atom is 0.221 e. The molecule has 1 aromatic rings. The van der Waals surface area contributed by atoms with Gasteiger partial charge in [0.15, 0.2) is 17.3 Å². The number of nitrogens with one attached hydrogen (secondary N) is 1. The lowest BCUT2D eigenvalue weighted by Gasteiger charge is -2.41. The topological polar surface area (TPSA) is 141 Å². The molecule has 3 aliphatic carbocycles. The second-order valence-electron chi connectivity index (χ2n) is 8.12. The Bertz CT molecular complexity index is 1090. The van der Waals surface area contributed by atoms with Gasteiger partial charge in [0.05, 0.1) is 17.1 Å². The van der Waals surface area contributed by atoms with E-state index in [9.17, 15) is 34.5 Å². The molecule has 0 fully saturated rings.